The van der Waals surface area contributed by atoms with E-state index in [0.29, 0.717) is 17.4 Å². The van der Waals surface area contributed by atoms with Gasteiger partial charge < -0.3 is 10.6 Å². The van der Waals surface area contributed by atoms with Gasteiger partial charge in [-0.05, 0) is 49.1 Å². The van der Waals surface area contributed by atoms with Crippen molar-refractivity contribution in [1.82, 2.24) is 38.4 Å². The number of fused-ring (bicyclic) bond motifs is 1. The number of aromatic nitrogens is 7. The Hall–Kier alpha value is -4.23. The quantitative estimate of drug-likeness (QED) is 0.196. The third-order valence-electron chi connectivity index (χ3n) is 6.73. The van der Waals surface area contributed by atoms with Gasteiger partial charge >= 0.3 is 0 Å². The molecular weight excluding hydrogens is 543 g/mol. The standard InChI is InChI=1S/C28H33FN10OS/c1-5-18(3)13-37(6-2)16-21-10-26(41-36-21)35-27-28-30-12-22(39(28)14-19(4)32-27)20-11-31-38(15-20)17-25(40)34-24-9-7-8-23(29)33-24/h7-12,14-15,18H,5-6,13,16-17H2,1-4H3,(H,32,35)(H,33,34,40). The summed E-state index contributed by atoms with van der Waals surface area (Å²) in [5.74, 6) is 0.397. The normalized spacial score (nSPS) is 12.2. The predicted octanol–water partition coefficient (Wildman–Crippen LogP) is 5.14. The fraction of sp³-hybridized carbons (Fsp3) is 0.357. The van der Waals surface area contributed by atoms with Crippen molar-refractivity contribution in [2.45, 2.75) is 47.2 Å². The number of anilines is 3. The SMILES string of the molecule is CCC(C)CN(CC)Cc1cc(Nc2nc(C)cn3c(-c4cnn(CC(=O)Nc5cccc(F)n5)c4)cnc23)sn1. The van der Waals surface area contributed by atoms with Crippen molar-refractivity contribution in [2.75, 3.05) is 23.7 Å². The Bertz CT molecular complexity index is 1640. The summed E-state index contributed by atoms with van der Waals surface area (Å²) in [5, 5.41) is 11.2. The lowest BCUT2D eigenvalue weighted by molar-refractivity contribution is -0.116. The average Bonchev–Trinajstić information content (AvgIpc) is 3.68. The lowest BCUT2D eigenvalue weighted by Gasteiger charge is -2.22. The van der Waals surface area contributed by atoms with Crippen LogP contribution in [0, 0.1) is 18.8 Å². The first kappa shape index (κ1) is 28.3. The monoisotopic (exact) mass is 576 g/mol. The summed E-state index contributed by atoms with van der Waals surface area (Å²) in [7, 11) is 0. The van der Waals surface area contributed by atoms with Crippen LogP contribution in [0.25, 0.3) is 16.9 Å². The van der Waals surface area contributed by atoms with E-state index in [-0.39, 0.29) is 18.3 Å². The minimum atomic E-state index is -0.661. The number of pyridine rings is 1. The topological polar surface area (TPSA) is 118 Å². The van der Waals surface area contributed by atoms with E-state index in [9.17, 15) is 9.18 Å². The highest BCUT2D eigenvalue weighted by molar-refractivity contribution is 7.10. The van der Waals surface area contributed by atoms with Crippen LogP contribution in [0.2, 0.25) is 0 Å². The van der Waals surface area contributed by atoms with Gasteiger partial charge in [-0.2, -0.15) is 13.9 Å². The van der Waals surface area contributed by atoms with Gasteiger partial charge in [0.15, 0.2) is 11.5 Å². The fourth-order valence-electron chi connectivity index (χ4n) is 4.46. The molecule has 1 amide bonds. The highest BCUT2D eigenvalue weighted by Crippen LogP contribution is 2.28. The molecular formula is C28H33FN10OS. The van der Waals surface area contributed by atoms with Crippen LogP contribution in [-0.2, 0) is 17.9 Å². The molecule has 0 aliphatic rings. The minimum absolute atomic E-state index is 0.0527. The molecule has 5 aromatic heterocycles. The molecule has 0 aliphatic heterocycles. The summed E-state index contributed by atoms with van der Waals surface area (Å²) >= 11 is 1.41. The van der Waals surface area contributed by atoms with Crippen LogP contribution in [0.3, 0.4) is 0 Å². The maximum atomic E-state index is 13.3. The van der Waals surface area contributed by atoms with Gasteiger partial charge in [0, 0.05) is 31.0 Å². The molecule has 0 aliphatic carbocycles. The summed E-state index contributed by atoms with van der Waals surface area (Å²) < 4.78 is 21.4. The zero-order chi connectivity index (χ0) is 28.9. The Labute approximate surface area is 241 Å². The fourth-order valence-corrected chi connectivity index (χ4v) is 5.12. The van der Waals surface area contributed by atoms with E-state index in [1.54, 1.807) is 18.6 Å². The summed E-state index contributed by atoms with van der Waals surface area (Å²) in [6.45, 7) is 11.4. The number of amides is 1. The van der Waals surface area contributed by atoms with Crippen LogP contribution >= 0.6 is 11.5 Å². The molecule has 5 aromatic rings. The molecule has 5 heterocycles. The third-order valence-corrected chi connectivity index (χ3v) is 7.47. The van der Waals surface area contributed by atoms with E-state index >= 15 is 0 Å². The Morgan fingerprint density at radius 3 is 2.83 bits per heavy atom. The summed E-state index contributed by atoms with van der Waals surface area (Å²) in [4.78, 5) is 27.8. The van der Waals surface area contributed by atoms with E-state index in [1.807, 2.05) is 17.5 Å². The number of hydrogen-bond acceptors (Lipinski definition) is 9. The van der Waals surface area contributed by atoms with Gasteiger partial charge in [-0.15, -0.1) is 0 Å². The van der Waals surface area contributed by atoms with Gasteiger partial charge in [-0.25, -0.2) is 15.0 Å². The van der Waals surface area contributed by atoms with Crippen molar-refractivity contribution in [2.24, 2.45) is 5.92 Å². The minimum Gasteiger partial charge on any atom is -0.328 e. The zero-order valence-corrected chi connectivity index (χ0v) is 24.3. The number of imidazole rings is 1. The number of aryl methyl sites for hydroxylation is 1. The van der Waals surface area contributed by atoms with Crippen molar-refractivity contribution in [3.05, 3.63) is 66.4 Å². The van der Waals surface area contributed by atoms with Gasteiger partial charge in [-0.1, -0.05) is 33.3 Å². The van der Waals surface area contributed by atoms with Crippen molar-refractivity contribution in [3.8, 4) is 11.3 Å². The second kappa shape index (κ2) is 12.5. The maximum Gasteiger partial charge on any atom is 0.247 e. The Kier molecular flexibility index (Phi) is 8.64. The average molecular weight is 577 g/mol. The number of halogens is 1. The van der Waals surface area contributed by atoms with E-state index in [0.717, 1.165) is 53.7 Å². The number of nitrogens with zero attached hydrogens (tertiary/aromatic N) is 8. The molecule has 11 nitrogen and oxygen atoms in total. The second-order valence-corrected chi connectivity index (χ2v) is 10.8. The highest BCUT2D eigenvalue weighted by atomic mass is 32.1. The Balaban J connectivity index is 1.30. The number of hydrogen-bond donors (Lipinski definition) is 2. The van der Waals surface area contributed by atoms with Crippen molar-refractivity contribution < 1.29 is 9.18 Å². The maximum absolute atomic E-state index is 13.3. The number of rotatable bonds is 12. The lowest BCUT2D eigenvalue weighted by Crippen LogP contribution is -2.27. The Morgan fingerprint density at radius 2 is 2.05 bits per heavy atom. The van der Waals surface area contributed by atoms with Crippen molar-refractivity contribution in [3.63, 3.8) is 0 Å². The molecule has 0 fully saturated rings. The predicted molar refractivity (Wildman–Crippen MR) is 158 cm³/mol. The van der Waals surface area contributed by atoms with Crippen LogP contribution in [0.15, 0.2) is 49.1 Å². The van der Waals surface area contributed by atoms with Crippen LogP contribution in [0.5, 0.6) is 0 Å². The molecule has 41 heavy (non-hydrogen) atoms. The van der Waals surface area contributed by atoms with E-state index in [4.69, 9.17) is 4.98 Å². The molecule has 0 saturated carbocycles. The molecule has 0 radical (unpaired) electrons. The van der Waals surface area contributed by atoms with Gasteiger partial charge in [0.05, 0.1) is 29.5 Å². The van der Waals surface area contributed by atoms with Gasteiger partial charge in [0.1, 0.15) is 17.4 Å². The van der Waals surface area contributed by atoms with E-state index in [2.05, 4.69) is 61.8 Å². The van der Waals surface area contributed by atoms with Crippen LogP contribution in [0.4, 0.5) is 21.0 Å². The first-order chi connectivity index (χ1) is 19.8. The molecule has 5 rings (SSSR count). The van der Waals surface area contributed by atoms with Crippen molar-refractivity contribution in [1.29, 1.82) is 0 Å². The summed E-state index contributed by atoms with van der Waals surface area (Å²) in [6, 6.07) is 6.30. The van der Waals surface area contributed by atoms with Crippen LogP contribution in [0.1, 0.15) is 38.6 Å². The van der Waals surface area contributed by atoms with E-state index < -0.39 is 5.95 Å². The third kappa shape index (κ3) is 6.92. The largest absolute Gasteiger partial charge is 0.328 e. The van der Waals surface area contributed by atoms with Gasteiger partial charge in [-0.3, -0.25) is 18.8 Å². The summed E-state index contributed by atoms with van der Waals surface area (Å²) in [6.07, 6.45) is 8.26. The van der Waals surface area contributed by atoms with Gasteiger partial charge in [0.2, 0.25) is 11.9 Å². The molecule has 2 N–H and O–H groups in total. The van der Waals surface area contributed by atoms with E-state index in [1.165, 1.54) is 34.4 Å². The molecule has 0 bridgehead atoms. The number of nitrogens with one attached hydrogen (secondary N) is 2. The molecule has 13 heteroatoms. The summed E-state index contributed by atoms with van der Waals surface area (Å²) in [5.41, 5.74) is 4.09. The molecule has 1 atom stereocenters. The highest BCUT2D eigenvalue weighted by Gasteiger charge is 2.16. The van der Waals surface area contributed by atoms with Crippen LogP contribution in [-0.4, -0.2) is 57.4 Å². The lowest BCUT2D eigenvalue weighted by atomic mass is 10.1. The molecule has 0 aromatic carbocycles. The first-order valence-corrected chi connectivity index (χ1v) is 14.3. The van der Waals surface area contributed by atoms with Gasteiger partial charge in [0.25, 0.3) is 0 Å². The second-order valence-electron chi connectivity index (χ2n) is 10.0. The van der Waals surface area contributed by atoms with Crippen LogP contribution < -0.4 is 10.6 Å². The molecule has 1 unspecified atom stereocenters. The number of carbonyl (C=O) groups excluding carboxylic acids is 1. The first-order valence-electron chi connectivity index (χ1n) is 13.6. The zero-order valence-electron chi connectivity index (χ0n) is 23.5. The molecule has 0 spiro atoms. The molecule has 214 valence electrons. The molecule has 0 saturated heterocycles. The Morgan fingerprint density at radius 1 is 1.20 bits per heavy atom. The number of carbonyl (C=O) groups is 1. The van der Waals surface area contributed by atoms with Crippen molar-refractivity contribution >= 4 is 39.7 Å². The smallest absolute Gasteiger partial charge is 0.247 e.